The first-order chi connectivity index (χ1) is 16.8. The van der Waals surface area contributed by atoms with Crippen molar-refractivity contribution in [2.75, 3.05) is 24.5 Å². The molecule has 0 radical (unpaired) electrons. The number of piperidine rings is 1. The van der Waals surface area contributed by atoms with Gasteiger partial charge in [-0.15, -0.1) is 0 Å². The van der Waals surface area contributed by atoms with E-state index in [-0.39, 0.29) is 55.7 Å². The molecule has 0 aliphatic carbocycles. The van der Waals surface area contributed by atoms with E-state index in [0.29, 0.717) is 4.90 Å². The van der Waals surface area contributed by atoms with E-state index in [4.69, 9.17) is 9.84 Å². The second-order valence-corrected chi connectivity index (χ2v) is 9.36. The molecule has 194 valence electrons. The largest absolute Gasteiger partial charge is 0.481 e. The maximum Gasteiger partial charge on any atom is 0.407 e. The second kappa shape index (κ2) is 10.3. The summed E-state index contributed by atoms with van der Waals surface area (Å²) >= 11 is 0. The van der Waals surface area contributed by atoms with E-state index in [1.165, 1.54) is 4.90 Å². The highest BCUT2D eigenvalue weighted by Gasteiger charge is 2.45. The van der Waals surface area contributed by atoms with Crippen molar-refractivity contribution in [3.05, 3.63) is 29.1 Å². The lowest BCUT2D eigenvalue weighted by atomic mass is 10.0. The molecule has 2 aliphatic heterocycles. The molecule has 2 aliphatic rings. The third-order valence-corrected chi connectivity index (χ3v) is 5.49. The van der Waals surface area contributed by atoms with Gasteiger partial charge in [-0.3, -0.25) is 34.2 Å². The first-order valence-corrected chi connectivity index (χ1v) is 11.3. The number of carbonyl (C=O) groups excluding carboxylic acids is 5. The van der Waals surface area contributed by atoms with Gasteiger partial charge in [0.1, 0.15) is 17.5 Å². The lowest BCUT2D eigenvalue weighted by Crippen LogP contribution is -2.54. The van der Waals surface area contributed by atoms with Crippen molar-refractivity contribution < 1.29 is 43.0 Å². The van der Waals surface area contributed by atoms with E-state index in [9.17, 15) is 28.8 Å². The molecular formula is C23H27FN4O8. The van der Waals surface area contributed by atoms with Crippen LogP contribution < -0.4 is 15.5 Å². The third-order valence-electron chi connectivity index (χ3n) is 5.49. The Kier molecular flexibility index (Phi) is 7.60. The van der Waals surface area contributed by atoms with Gasteiger partial charge in [-0.1, -0.05) is 0 Å². The zero-order chi connectivity index (χ0) is 26.8. The number of carboxylic acid groups (broad SMARTS) is 1. The van der Waals surface area contributed by atoms with Crippen LogP contribution in [-0.2, 0) is 19.1 Å². The molecule has 0 aromatic heterocycles. The molecule has 1 aromatic rings. The fourth-order valence-corrected chi connectivity index (χ4v) is 3.91. The van der Waals surface area contributed by atoms with Gasteiger partial charge in [0, 0.05) is 26.1 Å². The molecule has 1 unspecified atom stereocenters. The topological polar surface area (TPSA) is 162 Å². The van der Waals surface area contributed by atoms with Crippen LogP contribution in [0.25, 0.3) is 0 Å². The van der Waals surface area contributed by atoms with E-state index in [1.807, 2.05) is 0 Å². The molecule has 1 aromatic carbocycles. The zero-order valence-electron chi connectivity index (χ0n) is 20.1. The zero-order valence-corrected chi connectivity index (χ0v) is 20.1. The number of fused-ring (bicyclic) bond motifs is 1. The highest BCUT2D eigenvalue weighted by atomic mass is 19.1. The van der Waals surface area contributed by atoms with Crippen molar-refractivity contribution in [3.8, 4) is 0 Å². The van der Waals surface area contributed by atoms with E-state index < -0.39 is 53.2 Å². The van der Waals surface area contributed by atoms with Gasteiger partial charge in [0.05, 0.1) is 23.2 Å². The standard InChI is InChI=1S/C23H27FN4O8/c1-23(2,3)36-22(35)25-7-9-27(8-6-18(30)31)16-11-13-12(10-14(16)24)20(33)28(21(13)34)15-4-5-17(29)26-19(15)32/h10-11,15H,4-9H2,1-3H3,(H,25,35)(H,30,31)(H,26,29,32). The number of ether oxygens (including phenoxy) is 1. The molecule has 1 atom stereocenters. The number of carbonyl (C=O) groups is 6. The first kappa shape index (κ1) is 26.6. The number of anilines is 1. The van der Waals surface area contributed by atoms with Crippen molar-refractivity contribution in [2.45, 2.75) is 51.7 Å². The van der Waals surface area contributed by atoms with E-state index in [0.717, 1.165) is 12.1 Å². The minimum absolute atomic E-state index is 0.0266. The summed E-state index contributed by atoms with van der Waals surface area (Å²) in [5, 5.41) is 13.7. The van der Waals surface area contributed by atoms with Gasteiger partial charge in [0.2, 0.25) is 11.8 Å². The Morgan fingerprint density at radius 2 is 1.81 bits per heavy atom. The average molecular weight is 506 g/mol. The Hall–Kier alpha value is -4.03. The van der Waals surface area contributed by atoms with E-state index >= 15 is 4.39 Å². The minimum atomic E-state index is -1.21. The number of hydrogen-bond donors (Lipinski definition) is 3. The molecule has 0 saturated carbocycles. The molecule has 12 nitrogen and oxygen atoms in total. The lowest BCUT2D eigenvalue weighted by Gasteiger charge is -2.27. The first-order valence-electron chi connectivity index (χ1n) is 11.3. The van der Waals surface area contributed by atoms with Gasteiger partial charge in [0.25, 0.3) is 11.8 Å². The number of halogens is 1. The number of nitrogens with zero attached hydrogens (tertiary/aromatic N) is 2. The molecule has 1 fully saturated rings. The summed E-state index contributed by atoms with van der Waals surface area (Å²) in [6.07, 6.45) is -1.18. The number of imide groups is 2. The predicted octanol–water partition coefficient (Wildman–Crippen LogP) is 1.03. The summed E-state index contributed by atoms with van der Waals surface area (Å²) in [6, 6.07) is 0.792. The van der Waals surface area contributed by atoms with Gasteiger partial charge < -0.3 is 20.1 Å². The predicted molar refractivity (Wildman–Crippen MR) is 122 cm³/mol. The van der Waals surface area contributed by atoms with Gasteiger partial charge in [-0.2, -0.15) is 0 Å². The van der Waals surface area contributed by atoms with Crippen LogP contribution >= 0.6 is 0 Å². The second-order valence-electron chi connectivity index (χ2n) is 9.36. The van der Waals surface area contributed by atoms with Crippen LogP contribution in [0, 0.1) is 5.82 Å². The molecule has 0 bridgehead atoms. The van der Waals surface area contributed by atoms with Crippen molar-refractivity contribution in [2.24, 2.45) is 0 Å². The number of hydrogen-bond acceptors (Lipinski definition) is 8. The molecule has 3 N–H and O–H groups in total. The highest BCUT2D eigenvalue weighted by Crippen LogP contribution is 2.32. The van der Waals surface area contributed by atoms with Gasteiger partial charge >= 0.3 is 12.1 Å². The van der Waals surface area contributed by atoms with Gasteiger partial charge in [-0.25, -0.2) is 9.18 Å². The van der Waals surface area contributed by atoms with E-state index in [1.54, 1.807) is 20.8 Å². The molecular weight excluding hydrogens is 479 g/mol. The lowest BCUT2D eigenvalue weighted by molar-refractivity contribution is -0.137. The number of amides is 5. The van der Waals surface area contributed by atoms with E-state index in [2.05, 4.69) is 10.6 Å². The van der Waals surface area contributed by atoms with Crippen molar-refractivity contribution in [1.29, 1.82) is 0 Å². The smallest absolute Gasteiger partial charge is 0.407 e. The van der Waals surface area contributed by atoms with Crippen molar-refractivity contribution >= 4 is 41.4 Å². The molecule has 36 heavy (non-hydrogen) atoms. The highest BCUT2D eigenvalue weighted by molar-refractivity contribution is 6.23. The Morgan fingerprint density at radius 1 is 1.17 bits per heavy atom. The quantitative estimate of drug-likeness (QED) is 0.437. The Bertz CT molecular complexity index is 1130. The minimum Gasteiger partial charge on any atom is -0.481 e. The van der Waals surface area contributed by atoms with Crippen LogP contribution in [0.5, 0.6) is 0 Å². The number of aliphatic carboxylic acids is 1. The molecule has 2 heterocycles. The van der Waals surface area contributed by atoms with Crippen LogP contribution in [0.4, 0.5) is 14.9 Å². The Morgan fingerprint density at radius 3 is 2.39 bits per heavy atom. The van der Waals surface area contributed by atoms with Crippen molar-refractivity contribution in [3.63, 3.8) is 0 Å². The maximum absolute atomic E-state index is 15.1. The average Bonchev–Trinajstić information content (AvgIpc) is 2.98. The summed E-state index contributed by atoms with van der Waals surface area (Å²) in [5.74, 6) is -5.03. The van der Waals surface area contributed by atoms with Crippen molar-refractivity contribution in [1.82, 2.24) is 15.5 Å². The molecule has 3 rings (SSSR count). The number of carboxylic acids is 1. The monoisotopic (exact) mass is 506 g/mol. The summed E-state index contributed by atoms with van der Waals surface area (Å²) in [5.41, 5.74) is -1.27. The fraction of sp³-hybridized carbons (Fsp3) is 0.478. The Balaban J connectivity index is 1.83. The fourth-order valence-electron chi connectivity index (χ4n) is 3.91. The summed E-state index contributed by atoms with van der Waals surface area (Å²) in [4.78, 5) is 74.7. The molecule has 1 saturated heterocycles. The summed E-state index contributed by atoms with van der Waals surface area (Å²) in [6.45, 7) is 4.84. The maximum atomic E-state index is 15.1. The summed E-state index contributed by atoms with van der Waals surface area (Å²) < 4.78 is 20.3. The van der Waals surface area contributed by atoms with Crippen LogP contribution in [0.1, 0.15) is 60.7 Å². The Labute approximate surface area is 205 Å². The third kappa shape index (κ3) is 5.96. The SMILES string of the molecule is CC(C)(C)OC(=O)NCCN(CCC(=O)O)c1cc2c(cc1F)C(=O)N(C1CCC(=O)NC1=O)C2=O. The van der Waals surface area contributed by atoms with Crippen LogP contribution in [-0.4, -0.2) is 77.0 Å². The summed E-state index contributed by atoms with van der Waals surface area (Å²) in [7, 11) is 0. The molecule has 0 spiro atoms. The number of rotatable bonds is 8. The number of benzene rings is 1. The normalized spacial score (nSPS) is 17.6. The number of alkyl carbamates (subject to hydrolysis) is 1. The van der Waals surface area contributed by atoms with Gasteiger partial charge in [0.15, 0.2) is 0 Å². The van der Waals surface area contributed by atoms with Crippen LogP contribution in [0.3, 0.4) is 0 Å². The molecule has 5 amide bonds. The van der Waals surface area contributed by atoms with Crippen LogP contribution in [0.15, 0.2) is 12.1 Å². The van der Waals surface area contributed by atoms with Crippen LogP contribution in [0.2, 0.25) is 0 Å². The van der Waals surface area contributed by atoms with Gasteiger partial charge in [-0.05, 0) is 39.3 Å². The number of nitrogens with one attached hydrogen (secondary N) is 2. The molecule has 13 heteroatoms.